The van der Waals surface area contributed by atoms with Gasteiger partial charge >= 0.3 is 0 Å². The minimum absolute atomic E-state index is 0.290. The van der Waals surface area contributed by atoms with E-state index in [4.69, 9.17) is 12.2 Å². The van der Waals surface area contributed by atoms with Crippen molar-refractivity contribution in [3.63, 3.8) is 0 Å². The van der Waals surface area contributed by atoms with Gasteiger partial charge in [-0.1, -0.05) is 26.1 Å². The molecule has 0 atom stereocenters. The van der Waals surface area contributed by atoms with Crippen LogP contribution in [-0.4, -0.2) is 20.7 Å². The van der Waals surface area contributed by atoms with Crippen molar-refractivity contribution in [2.45, 2.75) is 20.8 Å². The fourth-order valence-electron chi connectivity index (χ4n) is 0.811. The van der Waals surface area contributed by atoms with Crippen molar-refractivity contribution in [1.29, 1.82) is 0 Å². The molecular formula is C10H14N4S. The first-order chi connectivity index (χ1) is 7.11. The molecule has 5 heteroatoms. The summed E-state index contributed by atoms with van der Waals surface area (Å²) < 4.78 is 0. The highest BCUT2D eigenvalue weighted by Crippen LogP contribution is 1.96. The first-order valence-electron chi connectivity index (χ1n) is 4.71. The monoisotopic (exact) mass is 222 g/mol. The number of hydrogen-bond donors (Lipinski definition) is 1. The Labute approximate surface area is 94.8 Å². The van der Waals surface area contributed by atoms with Gasteiger partial charge in [0.1, 0.15) is 5.69 Å². The number of aromatic nitrogens is 2. The maximum absolute atomic E-state index is 5.09. The van der Waals surface area contributed by atoms with Gasteiger partial charge in [-0.2, -0.15) is 5.10 Å². The zero-order valence-corrected chi connectivity index (χ0v) is 9.88. The third kappa shape index (κ3) is 3.71. The highest BCUT2D eigenvalue weighted by molar-refractivity contribution is 7.80. The standard InChI is InChI=1S/C10H14N4S/c1-7(2)10(15)14-13-8(3)9-6-11-4-5-12-9/h4-7H,1-3H3,(H,14,15)/b13-8+. The van der Waals surface area contributed by atoms with Gasteiger partial charge in [-0.15, -0.1) is 0 Å². The van der Waals surface area contributed by atoms with E-state index in [1.165, 1.54) is 0 Å². The molecule has 0 spiro atoms. The fourth-order valence-corrected chi connectivity index (χ4v) is 0.857. The van der Waals surface area contributed by atoms with Crippen LogP contribution in [0.2, 0.25) is 0 Å². The molecule has 4 nitrogen and oxygen atoms in total. The summed E-state index contributed by atoms with van der Waals surface area (Å²) in [4.78, 5) is 8.81. The molecule has 0 aliphatic rings. The highest BCUT2D eigenvalue weighted by atomic mass is 32.1. The maximum Gasteiger partial charge on any atom is 0.104 e. The Morgan fingerprint density at radius 2 is 2.20 bits per heavy atom. The quantitative estimate of drug-likeness (QED) is 0.481. The Hall–Kier alpha value is -1.36. The lowest BCUT2D eigenvalue weighted by molar-refractivity contribution is 0.837. The predicted molar refractivity (Wildman–Crippen MR) is 64.8 cm³/mol. The molecule has 0 aliphatic heterocycles. The summed E-state index contributed by atoms with van der Waals surface area (Å²) in [7, 11) is 0. The van der Waals surface area contributed by atoms with Crippen LogP contribution in [0.25, 0.3) is 0 Å². The van der Waals surface area contributed by atoms with E-state index in [1.807, 2.05) is 20.8 Å². The molecule has 1 rings (SSSR count). The van der Waals surface area contributed by atoms with E-state index in [0.717, 1.165) is 16.4 Å². The van der Waals surface area contributed by atoms with E-state index in [-0.39, 0.29) is 0 Å². The molecule has 0 unspecified atom stereocenters. The summed E-state index contributed by atoms with van der Waals surface area (Å²) in [5.74, 6) is 0.290. The molecule has 15 heavy (non-hydrogen) atoms. The molecule has 0 saturated heterocycles. The van der Waals surface area contributed by atoms with Crippen molar-refractivity contribution in [2.75, 3.05) is 0 Å². The Morgan fingerprint density at radius 1 is 1.47 bits per heavy atom. The molecule has 0 radical (unpaired) electrons. The molecule has 0 aliphatic carbocycles. The first kappa shape index (κ1) is 11.7. The van der Waals surface area contributed by atoms with Crippen molar-refractivity contribution >= 4 is 22.9 Å². The smallest absolute Gasteiger partial charge is 0.104 e. The lowest BCUT2D eigenvalue weighted by atomic mass is 10.2. The average molecular weight is 222 g/mol. The second-order valence-corrected chi connectivity index (χ2v) is 3.86. The summed E-state index contributed by atoms with van der Waals surface area (Å²) in [6.45, 7) is 5.89. The fraction of sp³-hybridized carbons (Fsp3) is 0.400. The number of hydrazone groups is 1. The van der Waals surface area contributed by atoms with Crippen molar-refractivity contribution in [2.24, 2.45) is 11.0 Å². The Kier molecular flexibility index (Phi) is 4.30. The van der Waals surface area contributed by atoms with E-state index >= 15 is 0 Å². The lowest BCUT2D eigenvalue weighted by Crippen LogP contribution is -2.22. The third-order valence-electron chi connectivity index (χ3n) is 1.79. The van der Waals surface area contributed by atoms with Gasteiger partial charge in [-0.25, -0.2) is 0 Å². The third-order valence-corrected chi connectivity index (χ3v) is 2.35. The van der Waals surface area contributed by atoms with Crippen LogP contribution < -0.4 is 5.43 Å². The van der Waals surface area contributed by atoms with Crippen LogP contribution >= 0.6 is 12.2 Å². The van der Waals surface area contributed by atoms with Crippen LogP contribution in [-0.2, 0) is 0 Å². The average Bonchev–Trinajstić information content (AvgIpc) is 2.26. The molecule has 0 fully saturated rings. The van der Waals surface area contributed by atoms with Gasteiger partial charge in [0.25, 0.3) is 0 Å². The summed E-state index contributed by atoms with van der Waals surface area (Å²) in [6, 6.07) is 0. The largest absolute Gasteiger partial charge is 0.271 e. The normalized spacial score (nSPS) is 11.6. The number of nitrogens with zero attached hydrogens (tertiary/aromatic N) is 3. The molecule has 1 N–H and O–H groups in total. The van der Waals surface area contributed by atoms with Crippen molar-refractivity contribution in [1.82, 2.24) is 15.4 Å². The van der Waals surface area contributed by atoms with Crippen LogP contribution in [0.1, 0.15) is 26.5 Å². The Bertz CT molecular complexity index is 359. The summed E-state index contributed by atoms with van der Waals surface area (Å²) >= 11 is 5.09. The second kappa shape index (κ2) is 5.50. The van der Waals surface area contributed by atoms with Gasteiger partial charge < -0.3 is 0 Å². The molecule has 0 aromatic carbocycles. The van der Waals surface area contributed by atoms with Crippen LogP contribution in [0.3, 0.4) is 0 Å². The van der Waals surface area contributed by atoms with Gasteiger partial charge in [0.15, 0.2) is 0 Å². The molecule has 1 heterocycles. The molecule has 1 aromatic rings. The number of hydrogen-bond acceptors (Lipinski definition) is 4. The van der Waals surface area contributed by atoms with Gasteiger partial charge in [-0.3, -0.25) is 15.4 Å². The molecule has 1 aromatic heterocycles. The summed E-state index contributed by atoms with van der Waals surface area (Å²) in [5, 5.41) is 4.14. The van der Waals surface area contributed by atoms with Crippen molar-refractivity contribution in [3.05, 3.63) is 24.3 Å². The molecular weight excluding hydrogens is 208 g/mol. The van der Waals surface area contributed by atoms with Gasteiger partial charge in [0.05, 0.1) is 16.9 Å². The van der Waals surface area contributed by atoms with E-state index in [2.05, 4.69) is 20.5 Å². The molecule has 0 saturated carbocycles. The molecule has 0 bridgehead atoms. The zero-order valence-electron chi connectivity index (χ0n) is 9.06. The van der Waals surface area contributed by atoms with E-state index < -0.39 is 0 Å². The van der Waals surface area contributed by atoms with Crippen LogP contribution in [0.15, 0.2) is 23.7 Å². The Balaban J connectivity index is 2.65. The maximum atomic E-state index is 5.09. The SMILES string of the molecule is C/C(=N\NC(=S)C(C)C)c1cnccn1. The van der Waals surface area contributed by atoms with E-state index in [0.29, 0.717) is 5.92 Å². The lowest BCUT2D eigenvalue weighted by Gasteiger charge is -2.06. The highest BCUT2D eigenvalue weighted by Gasteiger charge is 2.01. The van der Waals surface area contributed by atoms with E-state index in [1.54, 1.807) is 18.6 Å². The summed E-state index contributed by atoms with van der Waals surface area (Å²) in [5.41, 5.74) is 4.35. The van der Waals surface area contributed by atoms with E-state index in [9.17, 15) is 0 Å². The second-order valence-electron chi connectivity index (χ2n) is 3.42. The topological polar surface area (TPSA) is 50.2 Å². The van der Waals surface area contributed by atoms with Crippen molar-refractivity contribution < 1.29 is 0 Å². The zero-order chi connectivity index (χ0) is 11.3. The number of rotatable bonds is 3. The minimum atomic E-state index is 0.290. The number of nitrogens with one attached hydrogen (secondary N) is 1. The molecule has 80 valence electrons. The first-order valence-corrected chi connectivity index (χ1v) is 5.12. The predicted octanol–water partition coefficient (Wildman–Crippen LogP) is 1.77. The number of thiocarbonyl (C=S) groups is 1. The summed E-state index contributed by atoms with van der Waals surface area (Å²) in [6.07, 6.45) is 4.93. The van der Waals surface area contributed by atoms with Gasteiger partial charge in [-0.05, 0) is 6.92 Å². The minimum Gasteiger partial charge on any atom is -0.271 e. The van der Waals surface area contributed by atoms with Gasteiger partial charge in [0, 0.05) is 18.3 Å². The van der Waals surface area contributed by atoms with Crippen LogP contribution in [0.4, 0.5) is 0 Å². The Morgan fingerprint density at radius 3 is 2.73 bits per heavy atom. The molecule has 0 amide bonds. The van der Waals surface area contributed by atoms with Crippen molar-refractivity contribution in [3.8, 4) is 0 Å². The van der Waals surface area contributed by atoms with Crippen LogP contribution in [0.5, 0.6) is 0 Å². The van der Waals surface area contributed by atoms with Crippen LogP contribution in [0, 0.1) is 5.92 Å². The van der Waals surface area contributed by atoms with Gasteiger partial charge in [0.2, 0.25) is 0 Å².